The second kappa shape index (κ2) is 5.87. The van der Waals surface area contributed by atoms with Crippen molar-refractivity contribution >= 4 is 11.3 Å². The third-order valence-corrected chi connectivity index (χ3v) is 4.36. The fraction of sp³-hybridized carbons (Fsp3) is 0.375. The zero-order valence-electron chi connectivity index (χ0n) is 11.1. The summed E-state index contributed by atoms with van der Waals surface area (Å²) < 4.78 is 6.09. The monoisotopic (exact) mass is 273 g/mol. The molecule has 3 rings (SSSR count). The van der Waals surface area contributed by atoms with Crippen molar-refractivity contribution in [2.45, 2.75) is 25.5 Å². The van der Waals surface area contributed by atoms with Gasteiger partial charge in [-0.25, -0.2) is 0 Å². The Morgan fingerprint density at radius 3 is 3.05 bits per heavy atom. The molecule has 2 atom stereocenters. The average Bonchev–Trinajstić information content (AvgIpc) is 2.98. The highest BCUT2D eigenvalue weighted by Crippen LogP contribution is 2.37. The molecule has 2 unspecified atom stereocenters. The van der Waals surface area contributed by atoms with E-state index in [9.17, 15) is 0 Å². The molecular weight excluding hydrogens is 254 g/mol. The molecule has 1 aromatic carbocycles. The van der Waals surface area contributed by atoms with Crippen LogP contribution in [0.1, 0.15) is 35.8 Å². The van der Waals surface area contributed by atoms with Crippen molar-refractivity contribution in [1.29, 1.82) is 0 Å². The largest absolute Gasteiger partial charge is 0.371 e. The standard InChI is InChI=1S/C16H19NOS/c1-2-17-15(13-8-10-19-11-13)16-14-6-4-3-5-12(14)7-9-18-16/h3-6,8,10-11,15-17H,2,7,9H2,1H3. The van der Waals surface area contributed by atoms with Gasteiger partial charge in [0.05, 0.1) is 12.6 Å². The Kier molecular flexibility index (Phi) is 3.97. The van der Waals surface area contributed by atoms with E-state index in [2.05, 4.69) is 53.3 Å². The Bertz CT molecular complexity index is 523. The molecule has 0 aliphatic carbocycles. The number of ether oxygens (including phenoxy) is 1. The van der Waals surface area contributed by atoms with Gasteiger partial charge in [-0.1, -0.05) is 31.2 Å². The van der Waals surface area contributed by atoms with E-state index in [0.717, 1.165) is 19.6 Å². The van der Waals surface area contributed by atoms with Gasteiger partial charge in [0.1, 0.15) is 6.10 Å². The predicted molar refractivity (Wildman–Crippen MR) is 79.6 cm³/mol. The smallest absolute Gasteiger partial charge is 0.102 e. The Morgan fingerprint density at radius 2 is 2.26 bits per heavy atom. The molecule has 0 saturated heterocycles. The van der Waals surface area contributed by atoms with Crippen LogP contribution in [0.25, 0.3) is 0 Å². The number of hydrogen-bond acceptors (Lipinski definition) is 3. The summed E-state index contributed by atoms with van der Waals surface area (Å²) in [7, 11) is 0. The van der Waals surface area contributed by atoms with Crippen LogP contribution in [0.5, 0.6) is 0 Å². The van der Waals surface area contributed by atoms with Crippen molar-refractivity contribution in [3.05, 3.63) is 57.8 Å². The summed E-state index contributed by atoms with van der Waals surface area (Å²) in [5.74, 6) is 0. The minimum atomic E-state index is 0.125. The number of thiophene rings is 1. The van der Waals surface area contributed by atoms with Crippen molar-refractivity contribution < 1.29 is 4.74 Å². The van der Waals surface area contributed by atoms with Gasteiger partial charge in [0, 0.05) is 0 Å². The van der Waals surface area contributed by atoms with Gasteiger partial charge in [-0.2, -0.15) is 11.3 Å². The molecule has 2 aromatic rings. The zero-order chi connectivity index (χ0) is 13.1. The number of likely N-dealkylation sites (N-methyl/N-ethyl adjacent to an activating group) is 1. The molecule has 2 heterocycles. The van der Waals surface area contributed by atoms with E-state index in [-0.39, 0.29) is 12.1 Å². The lowest BCUT2D eigenvalue weighted by Gasteiger charge is -2.32. The molecule has 100 valence electrons. The molecule has 1 aliphatic rings. The fourth-order valence-corrected chi connectivity index (χ4v) is 3.47. The van der Waals surface area contributed by atoms with Crippen molar-refractivity contribution in [3.63, 3.8) is 0 Å². The number of rotatable bonds is 4. The molecule has 19 heavy (non-hydrogen) atoms. The summed E-state index contributed by atoms with van der Waals surface area (Å²) in [5, 5.41) is 7.93. The van der Waals surface area contributed by atoms with Crippen LogP contribution < -0.4 is 5.32 Å². The van der Waals surface area contributed by atoms with Crippen LogP contribution in [0.3, 0.4) is 0 Å². The lowest BCUT2D eigenvalue weighted by molar-refractivity contribution is 0.0152. The van der Waals surface area contributed by atoms with Crippen LogP contribution in [-0.2, 0) is 11.2 Å². The minimum Gasteiger partial charge on any atom is -0.371 e. The molecule has 0 saturated carbocycles. The molecule has 0 spiro atoms. The first-order valence-electron chi connectivity index (χ1n) is 6.85. The first-order chi connectivity index (χ1) is 9.40. The van der Waals surface area contributed by atoms with Gasteiger partial charge >= 0.3 is 0 Å². The van der Waals surface area contributed by atoms with Crippen molar-refractivity contribution in [3.8, 4) is 0 Å². The Balaban J connectivity index is 1.96. The molecular formula is C16H19NOS. The SMILES string of the molecule is CCNC(c1ccsc1)C1OCCc2ccccc21. The van der Waals surface area contributed by atoms with Gasteiger partial charge in [-0.3, -0.25) is 0 Å². The summed E-state index contributed by atoms with van der Waals surface area (Å²) in [5.41, 5.74) is 4.09. The van der Waals surface area contributed by atoms with Crippen molar-refractivity contribution in [2.75, 3.05) is 13.2 Å². The van der Waals surface area contributed by atoms with Gasteiger partial charge in [0.25, 0.3) is 0 Å². The molecule has 3 heteroatoms. The predicted octanol–water partition coefficient (Wildman–Crippen LogP) is 3.71. The number of hydrogen-bond donors (Lipinski definition) is 1. The molecule has 2 nitrogen and oxygen atoms in total. The van der Waals surface area contributed by atoms with Crippen LogP contribution in [0.4, 0.5) is 0 Å². The fourth-order valence-electron chi connectivity index (χ4n) is 2.77. The summed E-state index contributed by atoms with van der Waals surface area (Å²) in [6, 6.07) is 11.1. The van der Waals surface area contributed by atoms with E-state index in [1.165, 1.54) is 16.7 Å². The van der Waals surface area contributed by atoms with E-state index in [1.54, 1.807) is 11.3 Å². The third-order valence-electron chi connectivity index (χ3n) is 3.66. The summed E-state index contributed by atoms with van der Waals surface area (Å²) in [6.45, 7) is 3.91. The summed E-state index contributed by atoms with van der Waals surface area (Å²) >= 11 is 1.74. The lowest BCUT2D eigenvalue weighted by atomic mass is 9.91. The number of benzene rings is 1. The minimum absolute atomic E-state index is 0.125. The second-order valence-corrected chi connectivity index (χ2v) is 5.61. The first kappa shape index (κ1) is 12.9. The molecule has 1 N–H and O–H groups in total. The topological polar surface area (TPSA) is 21.3 Å². The van der Waals surface area contributed by atoms with Gasteiger partial charge in [0.15, 0.2) is 0 Å². The molecule has 0 radical (unpaired) electrons. The van der Waals surface area contributed by atoms with Gasteiger partial charge in [0.2, 0.25) is 0 Å². The quantitative estimate of drug-likeness (QED) is 0.917. The van der Waals surface area contributed by atoms with E-state index in [0.29, 0.717) is 0 Å². The second-order valence-electron chi connectivity index (χ2n) is 4.83. The molecule has 0 bridgehead atoms. The van der Waals surface area contributed by atoms with Gasteiger partial charge < -0.3 is 10.1 Å². The maximum atomic E-state index is 6.09. The lowest BCUT2D eigenvalue weighted by Crippen LogP contribution is -2.31. The van der Waals surface area contributed by atoms with Gasteiger partial charge in [-0.05, 0) is 46.5 Å². The normalized spacial score (nSPS) is 19.9. The Labute approximate surface area is 118 Å². The average molecular weight is 273 g/mol. The van der Waals surface area contributed by atoms with E-state index in [4.69, 9.17) is 4.74 Å². The Hall–Kier alpha value is -1.16. The van der Waals surface area contributed by atoms with E-state index >= 15 is 0 Å². The van der Waals surface area contributed by atoms with Crippen LogP contribution in [-0.4, -0.2) is 13.2 Å². The first-order valence-corrected chi connectivity index (χ1v) is 7.79. The zero-order valence-corrected chi connectivity index (χ0v) is 12.0. The number of nitrogens with one attached hydrogen (secondary N) is 1. The third kappa shape index (κ3) is 2.59. The van der Waals surface area contributed by atoms with Crippen molar-refractivity contribution in [1.82, 2.24) is 5.32 Å². The van der Waals surface area contributed by atoms with E-state index < -0.39 is 0 Å². The maximum absolute atomic E-state index is 6.09. The van der Waals surface area contributed by atoms with E-state index in [1.807, 2.05) is 0 Å². The summed E-state index contributed by atoms with van der Waals surface area (Å²) in [6.07, 6.45) is 1.15. The molecule has 1 aliphatic heterocycles. The Morgan fingerprint density at radius 1 is 1.37 bits per heavy atom. The van der Waals surface area contributed by atoms with Gasteiger partial charge in [-0.15, -0.1) is 0 Å². The van der Waals surface area contributed by atoms with Crippen LogP contribution in [0.2, 0.25) is 0 Å². The van der Waals surface area contributed by atoms with Crippen LogP contribution in [0, 0.1) is 0 Å². The highest BCUT2D eigenvalue weighted by atomic mass is 32.1. The number of fused-ring (bicyclic) bond motifs is 1. The highest BCUT2D eigenvalue weighted by Gasteiger charge is 2.29. The van der Waals surface area contributed by atoms with Crippen molar-refractivity contribution in [2.24, 2.45) is 0 Å². The van der Waals surface area contributed by atoms with Crippen LogP contribution in [0.15, 0.2) is 41.1 Å². The summed E-state index contributed by atoms with van der Waals surface area (Å²) in [4.78, 5) is 0. The molecule has 0 fully saturated rings. The molecule has 0 amide bonds. The highest BCUT2D eigenvalue weighted by molar-refractivity contribution is 7.07. The van der Waals surface area contributed by atoms with Crippen LogP contribution >= 0.6 is 11.3 Å². The molecule has 1 aromatic heterocycles. The maximum Gasteiger partial charge on any atom is 0.102 e.